The summed E-state index contributed by atoms with van der Waals surface area (Å²) in [5.74, 6) is -2.80. The number of halogens is 3. The van der Waals surface area contributed by atoms with Gasteiger partial charge in [-0.15, -0.1) is 22.7 Å². The van der Waals surface area contributed by atoms with Gasteiger partial charge in [-0.05, 0) is 28.3 Å². The Balaban J connectivity index is 1.97. The van der Waals surface area contributed by atoms with E-state index in [2.05, 4.69) is 0 Å². The van der Waals surface area contributed by atoms with Crippen LogP contribution < -0.4 is 0 Å². The molecule has 0 atom stereocenters. The van der Waals surface area contributed by atoms with E-state index in [1.54, 1.807) is 6.07 Å². The average molecular weight is 328 g/mol. The minimum atomic E-state index is -4.96. The van der Waals surface area contributed by atoms with Gasteiger partial charge < -0.3 is 0 Å². The lowest BCUT2D eigenvalue weighted by molar-refractivity contribution is -0.170. The maximum absolute atomic E-state index is 12.2. The second-order valence-electron chi connectivity index (χ2n) is 4.45. The van der Waals surface area contributed by atoms with E-state index in [-0.39, 0.29) is 4.88 Å². The lowest BCUT2D eigenvalue weighted by atomic mass is 10.1. The van der Waals surface area contributed by atoms with Gasteiger partial charge >= 0.3 is 6.18 Å². The second-order valence-corrected chi connectivity index (χ2v) is 6.42. The predicted molar refractivity (Wildman–Crippen MR) is 77.2 cm³/mol. The van der Waals surface area contributed by atoms with E-state index < -0.39 is 24.2 Å². The van der Waals surface area contributed by atoms with Crippen molar-refractivity contribution in [2.24, 2.45) is 0 Å². The van der Waals surface area contributed by atoms with E-state index in [0.717, 1.165) is 31.5 Å². The highest BCUT2D eigenvalue weighted by Gasteiger charge is 2.39. The van der Waals surface area contributed by atoms with Gasteiger partial charge in [0.2, 0.25) is 5.78 Å². The molecule has 0 saturated carbocycles. The van der Waals surface area contributed by atoms with E-state index in [1.807, 2.05) is 23.6 Å². The van der Waals surface area contributed by atoms with Gasteiger partial charge in [-0.2, -0.15) is 13.2 Å². The van der Waals surface area contributed by atoms with Crippen LogP contribution in [0.5, 0.6) is 0 Å². The number of carbonyl (C=O) groups is 2. The molecule has 0 aliphatic heterocycles. The maximum atomic E-state index is 12.2. The Bertz CT molecular complexity index is 858. The number of hydrogen-bond donors (Lipinski definition) is 0. The highest BCUT2D eigenvalue weighted by molar-refractivity contribution is 7.27. The number of carbonyl (C=O) groups excluding carboxylic acids is 2. The van der Waals surface area contributed by atoms with Crippen molar-refractivity contribution in [1.82, 2.24) is 0 Å². The second kappa shape index (κ2) is 4.92. The Kier molecular flexibility index (Phi) is 3.33. The molecule has 3 aromatic rings. The number of benzene rings is 1. The van der Waals surface area contributed by atoms with Gasteiger partial charge in [0.25, 0.3) is 0 Å². The molecular weight excluding hydrogens is 321 g/mol. The van der Waals surface area contributed by atoms with Crippen LogP contribution in [0.4, 0.5) is 13.2 Å². The summed E-state index contributed by atoms with van der Waals surface area (Å²) in [5.41, 5.74) is 0. The smallest absolute Gasteiger partial charge is 0.293 e. The lowest BCUT2D eigenvalue weighted by Gasteiger charge is -2.02. The first-order valence-corrected chi connectivity index (χ1v) is 7.59. The van der Waals surface area contributed by atoms with Crippen molar-refractivity contribution < 1.29 is 22.8 Å². The Morgan fingerprint density at radius 2 is 1.76 bits per heavy atom. The summed E-state index contributed by atoms with van der Waals surface area (Å²) in [7, 11) is 0. The number of alkyl halides is 3. The molecule has 0 spiro atoms. The first kappa shape index (κ1) is 14.2. The van der Waals surface area contributed by atoms with Crippen molar-refractivity contribution in [3.8, 4) is 0 Å². The molecule has 2 heterocycles. The predicted octanol–water partition coefficient (Wildman–Crippen LogP) is 4.82. The zero-order chi connectivity index (χ0) is 15.2. The molecular formula is C14H7F3O2S2. The minimum absolute atomic E-state index is 0.184. The van der Waals surface area contributed by atoms with Crippen molar-refractivity contribution >= 4 is 54.4 Å². The van der Waals surface area contributed by atoms with E-state index in [4.69, 9.17) is 0 Å². The molecule has 108 valence electrons. The van der Waals surface area contributed by atoms with Crippen molar-refractivity contribution in [1.29, 1.82) is 0 Å². The molecule has 0 aliphatic rings. The van der Waals surface area contributed by atoms with Gasteiger partial charge in [0.1, 0.15) is 0 Å². The molecule has 0 aliphatic carbocycles. The third kappa shape index (κ3) is 2.58. The minimum Gasteiger partial charge on any atom is -0.293 e. The standard InChI is InChI=1S/C14H7F3O2S2/c15-14(16,17)11(19)6-9(18)10-5-8-2-1-7-3-4-20-12(7)13(8)21-10/h1-5H,6H2. The number of Topliss-reactive ketones (excluding diaryl/α,β-unsaturated/α-hetero) is 2. The summed E-state index contributed by atoms with van der Waals surface area (Å²) in [6.07, 6.45) is -6.10. The quantitative estimate of drug-likeness (QED) is 0.510. The van der Waals surface area contributed by atoms with E-state index >= 15 is 0 Å². The van der Waals surface area contributed by atoms with Crippen LogP contribution in [-0.4, -0.2) is 17.7 Å². The molecule has 1 aromatic carbocycles. The summed E-state index contributed by atoms with van der Waals surface area (Å²) in [6, 6.07) is 7.21. The Labute approximate surface area is 124 Å². The van der Waals surface area contributed by atoms with Crippen LogP contribution in [0.25, 0.3) is 20.2 Å². The number of fused-ring (bicyclic) bond motifs is 3. The summed E-state index contributed by atoms with van der Waals surface area (Å²) < 4.78 is 38.5. The molecule has 0 N–H and O–H groups in total. The van der Waals surface area contributed by atoms with Gasteiger partial charge in [-0.1, -0.05) is 12.1 Å². The number of ketones is 2. The summed E-state index contributed by atoms with van der Waals surface area (Å²) in [6.45, 7) is 0. The number of hydrogen-bond acceptors (Lipinski definition) is 4. The van der Waals surface area contributed by atoms with Crippen LogP contribution in [0.2, 0.25) is 0 Å². The molecule has 0 fully saturated rings. The third-order valence-electron chi connectivity index (χ3n) is 3.02. The van der Waals surface area contributed by atoms with Crippen LogP contribution in [0, 0.1) is 0 Å². The highest BCUT2D eigenvalue weighted by atomic mass is 32.1. The molecule has 0 amide bonds. The number of rotatable bonds is 3. The monoisotopic (exact) mass is 328 g/mol. The fourth-order valence-corrected chi connectivity index (χ4v) is 4.16. The van der Waals surface area contributed by atoms with Crippen LogP contribution in [0.3, 0.4) is 0 Å². The van der Waals surface area contributed by atoms with Crippen LogP contribution in [-0.2, 0) is 4.79 Å². The zero-order valence-electron chi connectivity index (χ0n) is 10.4. The zero-order valence-corrected chi connectivity index (χ0v) is 12.0. The molecule has 0 bridgehead atoms. The van der Waals surface area contributed by atoms with Crippen molar-refractivity contribution in [2.45, 2.75) is 12.6 Å². The van der Waals surface area contributed by atoms with Crippen LogP contribution in [0.1, 0.15) is 16.1 Å². The number of thiophene rings is 2. The molecule has 3 rings (SSSR count). The van der Waals surface area contributed by atoms with Crippen molar-refractivity contribution in [2.75, 3.05) is 0 Å². The first-order valence-electron chi connectivity index (χ1n) is 5.89. The molecule has 0 saturated heterocycles. The van der Waals surface area contributed by atoms with Crippen molar-refractivity contribution in [3.63, 3.8) is 0 Å². The topological polar surface area (TPSA) is 34.1 Å². The van der Waals surface area contributed by atoms with E-state index in [1.165, 1.54) is 11.3 Å². The van der Waals surface area contributed by atoms with Gasteiger partial charge in [0.05, 0.1) is 20.7 Å². The summed E-state index contributed by atoms with van der Waals surface area (Å²) in [4.78, 5) is 22.9. The Morgan fingerprint density at radius 1 is 1.05 bits per heavy atom. The fraction of sp³-hybridized carbons (Fsp3) is 0.143. The molecule has 21 heavy (non-hydrogen) atoms. The molecule has 7 heteroatoms. The normalized spacial score (nSPS) is 12.1. The maximum Gasteiger partial charge on any atom is 0.450 e. The Hall–Kier alpha value is -1.73. The summed E-state index contributed by atoms with van der Waals surface area (Å²) in [5, 5.41) is 3.75. The molecule has 2 aromatic heterocycles. The van der Waals surface area contributed by atoms with Gasteiger partial charge in [-0.3, -0.25) is 9.59 Å². The molecule has 2 nitrogen and oxygen atoms in total. The molecule has 0 unspecified atom stereocenters. The van der Waals surface area contributed by atoms with Gasteiger partial charge in [-0.25, -0.2) is 0 Å². The molecule has 0 radical (unpaired) electrons. The van der Waals surface area contributed by atoms with Gasteiger partial charge in [0, 0.05) is 0 Å². The van der Waals surface area contributed by atoms with Crippen LogP contribution in [0.15, 0.2) is 29.6 Å². The summed E-state index contributed by atoms with van der Waals surface area (Å²) >= 11 is 2.65. The average Bonchev–Trinajstić information content (AvgIpc) is 3.02. The fourth-order valence-electron chi connectivity index (χ4n) is 1.99. The Morgan fingerprint density at radius 3 is 2.48 bits per heavy atom. The van der Waals surface area contributed by atoms with E-state index in [0.29, 0.717) is 0 Å². The van der Waals surface area contributed by atoms with E-state index in [9.17, 15) is 22.8 Å². The lowest BCUT2D eigenvalue weighted by Crippen LogP contribution is -2.25. The SMILES string of the molecule is O=C(CC(=O)C(F)(F)F)c1cc2ccc3ccsc3c2s1. The van der Waals surface area contributed by atoms with Crippen LogP contribution >= 0.6 is 22.7 Å². The third-order valence-corrected chi connectivity index (χ3v) is 5.30. The largest absolute Gasteiger partial charge is 0.450 e. The first-order chi connectivity index (χ1) is 9.86. The highest BCUT2D eigenvalue weighted by Crippen LogP contribution is 2.36. The van der Waals surface area contributed by atoms with Crippen molar-refractivity contribution in [3.05, 3.63) is 34.5 Å². The van der Waals surface area contributed by atoms with Gasteiger partial charge in [0.15, 0.2) is 5.78 Å².